The van der Waals surface area contributed by atoms with Crippen LogP contribution in [0.4, 0.5) is 0 Å². The molecule has 4 rings (SSSR count). The van der Waals surface area contributed by atoms with Gasteiger partial charge in [-0.25, -0.2) is 0 Å². The second-order valence-corrected chi connectivity index (χ2v) is 11.2. The molecule has 1 aliphatic carbocycles. The molecule has 246 valence electrons. The fraction of sp³-hybridized carbons (Fsp3) is 1.00. The molecule has 19 nitrogen and oxygen atoms in total. The van der Waals surface area contributed by atoms with Crippen LogP contribution in [-0.4, -0.2) is 172 Å². The molecule has 0 spiro atoms. The zero-order chi connectivity index (χ0) is 31.0. The van der Waals surface area contributed by atoms with Crippen molar-refractivity contribution in [1.29, 1.82) is 0 Å². The van der Waals surface area contributed by atoms with Crippen molar-refractivity contribution in [3.8, 4) is 0 Å². The van der Waals surface area contributed by atoms with E-state index in [-0.39, 0.29) is 19.5 Å². The highest BCUT2D eigenvalue weighted by atomic mass is 16.8. The van der Waals surface area contributed by atoms with Crippen molar-refractivity contribution in [2.75, 3.05) is 19.7 Å². The summed E-state index contributed by atoms with van der Waals surface area (Å²) in [4.78, 5) is 0. The Labute approximate surface area is 241 Å². The molecule has 3 heterocycles. The van der Waals surface area contributed by atoms with E-state index < -0.39 is 123 Å². The molecular weight excluding hydrogens is 568 g/mol. The summed E-state index contributed by atoms with van der Waals surface area (Å²) in [6.07, 6.45) is -19.8. The predicted octanol–water partition coefficient (Wildman–Crippen LogP) is -8.90. The lowest BCUT2D eigenvalue weighted by molar-refractivity contribution is -0.306. The van der Waals surface area contributed by atoms with Crippen molar-refractivity contribution < 1.29 is 64.2 Å². The van der Waals surface area contributed by atoms with Gasteiger partial charge >= 0.3 is 0 Å². The topological polar surface area (TPSA) is 353 Å². The number of hydrogen-bond acceptors (Lipinski definition) is 19. The van der Waals surface area contributed by atoms with Crippen LogP contribution < -0.4 is 34.4 Å². The highest BCUT2D eigenvalue weighted by Crippen LogP contribution is 2.34. The second kappa shape index (κ2) is 14.1. The van der Waals surface area contributed by atoms with Crippen molar-refractivity contribution in [2.24, 2.45) is 34.4 Å². The van der Waals surface area contributed by atoms with Gasteiger partial charge in [0.1, 0.15) is 67.1 Å². The van der Waals surface area contributed by atoms with Gasteiger partial charge in [0.15, 0.2) is 18.9 Å². The third-order valence-corrected chi connectivity index (χ3v) is 8.37. The molecule has 0 aromatic rings. The summed E-state index contributed by atoms with van der Waals surface area (Å²) in [6, 6.07) is -4.18. The van der Waals surface area contributed by atoms with Gasteiger partial charge in [-0.1, -0.05) is 0 Å². The van der Waals surface area contributed by atoms with E-state index in [4.69, 9.17) is 62.8 Å². The van der Waals surface area contributed by atoms with E-state index in [1.807, 2.05) is 0 Å². The third kappa shape index (κ3) is 6.60. The summed E-state index contributed by atoms with van der Waals surface area (Å²) in [5.74, 6) is 0. The summed E-state index contributed by atoms with van der Waals surface area (Å²) >= 11 is 0. The molecule has 19 N–H and O–H groups in total. The quantitative estimate of drug-likeness (QED) is 0.115. The third-order valence-electron chi connectivity index (χ3n) is 8.37. The van der Waals surface area contributed by atoms with E-state index >= 15 is 0 Å². The minimum Gasteiger partial charge on any atom is -0.394 e. The maximum atomic E-state index is 11.1. The second-order valence-electron chi connectivity index (χ2n) is 11.2. The van der Waals surface area contributed by atoms with Gasteiger partial charge in [0, 0.05) is 25.2 Å². The fourth-order valence-corrected chi connectivity index (χ4v) is 5.74. The average Bonchev–Trinajstić information content (AvgIpc) is 3.27. The Hall–Kier alpha value is -0.760. The van der Waals surface area contributed by atoms with Gasteiger partial charge in [-0.2, -0.15) is 0 Å². The Morgan fingerprint density at radius 1 is 0.524 bits per heavy atom. The smallest absolute Gasteiger partial charge is 0.187 e. The number of aliphatic hydroxyl groups is 7. The molecule has 0 radical (unpaired) electrons. The largest absolute Gasteiger partial charge is 0.394 e. The Morgan fingerprint density at radius 3 is 1.45 bits per heavy atom. The fourth-order valence-electron chi connectivity index (χ4n) is 5.74. The monoisotopic (exact) mass is 614 g/mol. The van der Waals surface area contributed by atoms with Crippen molar-refractivity contribution >= 4 is 0 Å². The Bertz CT molecular complexity index is 868. The van der Waals surface area contributed by atoms with Crippen LogP contribution >= 0.6 is 0 Å². The van der Waals surface area contributed by atoms with Gasteiger partial charge in [0.2, 0.25) is 0 Å². The molecular formula is C23H46N6O13. The lowest BCUT2D eigenvalue weighted by Gasteiger charge is -2.47. The standard InChI is InChI=1S/C23H46N6O13/c24-2-7-13(32)15(34)10(28)21(37-7)40-18-6(27)1-5(26)12(31)20(18)42-23-17(36)19(9(4-30)39-23)41-22-11(29)16(35)14(33)8(3-25)38-22/h5-23,30-36H,1-4,24-29H2/t5-,6?,7?,8+,9-,10?,11?,12?,13+,14-,15-,16?,17+,18+,19+,20-,21+,22-,23?/m1/s1. The van der Waals surface area contributed by atoms with Crippen molar-refractivity contribution in [3.05, 3.63) is 0 Å². The van der Waals surface area contributed by atoms with E-state index in [1.165, 1.54) is 0 Å². The lowest BCUT2D eigenvalue weighted by atomic mass is 9.84. The molecule has 7 unspecified atom stereocenters. The van der Waals surface area contributed by atoms with Crippen LogP contribution in [0.1, 0.15) is 6.42 Å². The Kier molecular flexibility index (Phi) is 11.5. The summed E-state index contributed by atoms with van der Waals surface area (Å²) in [5, 5.41) is 73.0. The van der Waals surface area contributed by atoms with Gasteiger partial charge in [0.05, 0.1) is 24.8 Å². The molecule has 3 saturated heterocycles. The van der Waals surface area contributed by atoms with Crippen molar-refractivity contribution in [2.45, 2.75) is 123 Å². The first-order valence-corrected chi connectivity index (χ1v) is 13.9. The van der Waals surface area contributed by atoms with E-state index in [9.17, 15) is 35.7 Å². The SMILES string of the molecule is NCC1O[C@@H](O[C@H]2C(N)C[C@@H](N)C(O)[C@H]2OC2O[C@H](CO)[C@H](O[C@H]3O[C@@H](CN)[C@@H](O)C(O)C3N)[C@@H]2O)C(N)[C@@H](O)[C@H]1O. The summed E-state index contributed by atoms with van der Waals surface area (Å²) < 4.78 is 34.6. The molecule has 0 aromatic carbocycles. The first-order chi connectivity index (χ1) is 19.8. The minimum absolute atomic E-state index is 0.0889. The molecule has 1 saturated carbocycles. The molecule has 4 aliphatic rings. The zero-order valence-electron chi connectivity index (χ0n) is 22.8. The molecule has 19 atom stereocenters. The van der Waals surface area contributed by atoms with Crippen LogP contribution in [0.15, 0.2) is 0 Å². The van der Waals surface area contributed by atoms with Crippen LogP contribution in [0.3, 0.4) is 0 Å². The molecule has 0 amide bonds. The molecule has 19 heteroatoms. The average molecular weight is 615 g/mol. The lowest BCUT2D eigenvalue weighted by Crippen LogP contribution is -2.68. The van der Waals surface area contributed by atoms with Gasteiger partial charge in [0.25, 0.3) is 0 Å². The molecule has 0 aromatic heterocycles. The van der Waals surface area contributed by atoms with Crippen molar-refractivity contribution in [1.82, 2.24) is 0 Å². The maximum absolute atomic E-state index is 11.1. The predicted molar refractivity (Wildman–Crippen MR) is 138 cm³/mol. The molecule has 42 heavy (non-hydrogen) atoms. The van der Waals surface area contributed by atoms with Gasteiger partial charge < -0.3 is 98.6 Å². The summed E-state index contributed by atoms with van der Waals surface area (Å²) in [6.45, 7) is -0.967. The number of rotatable bonds is 9. The van der Waals surface area contributed by atoms with Gasteiger partial charge in [-0.15, -0.1) is 0 Å². The number of hydrogen-bond donors (Lipinski definition) is 13. The van der Waals surface area contributed by atoms with E-state index in [0.29, 0.717) is 0 Å². The molecule has 4 fully saturated rings. The highest BCUT2D eigenvalue weighted by Gasteiger charge is 2.54. The van der Waals surface area contributed by atoms with Crippen LogP contribution in [-0.2, 0) is 28.4 Å². The maximum Gasteiger partial charge on any atom is 0.187 e. The van der Waals surface area contributed by atoms with Gasteiger partial charge in [-0.05, 0) is 6.42 Å². The number of ether oxygens (including phenoxy) is 6. The number of nitrogens with two attached hydrogens (primary N) is 6. The van der Waals surface area contributed by atoms with Crippen LogP contribution in [0.25, 0.3) is 0 Å². The molecule has 0 bridgehead atoms. The van der Waals surface area contributed by atoms with Crippen LogP contribution in [0, 0.1) is 0 Å². The van der Waals surface area contributed by atoms with Crippen LogP contribution in [0.2, 0.25) is 0 Å². The first kappa shape index (κ1) is 34.1. The van der Waals surface area contributed by atoms with Crippen molar-refractivity contribution in [3.63, 3.8) is 0 Å². The van der Waals surface area contributed by atoms with Crippen LogP contribution in [0.5, 0.6) is 0 Å². The first-order valence-electron chi connectivity index (χ1n) is 13.9. The summed E-state index contributed by atoms with van der Waals surface area (Å²) in [5.41, 5.74) is 35.6. The normalized spacial score (nSPS) is 53.8. The Morgan fingerprint density at radius 2 is 0.976 bits per heavy atom. The zero-order valence-corrected chi connectivity index (χ0v) is 22.8. The van der Waals surface area contributed by atoms with E-state index in [1.54, 1.807) is 0 Å². The number of aliphatic hydroxyl groups excluding tert-OH is 7. The molecule has 3 aliphatic heterocycles. The van der Waals surface area contributed by atoms with E-state index in [0.717, 1.165) is 0 Å². The Balaban J connectivity index is 1.50. The highest BCUT2D eigenvalue weighted by molar-refractivity contribution is 5.02. The summed E-state index contributed by atoms with van der Waals surface area (Å²) in [7, 11) is 0. The van der Waals surface area contributed by atoms with Gasteiger partial charge in [-0.3, -0.25) is 0 Å². The van der Waals surface area contributed by atoms with E-state index in [2.05, 4.69) is 0 Å². The minimum atomic E-state index is -1.60.